The summed E-state index contributed by atoms with van der Waals surface area (Å²) in [6, 6.07) is 8.54. The average Bonchev–Trinajstić information content (AvgIpc) is 2.80. The van der Waals surface area contributed by atoms with Gasteiger partial charge in [0.1, 0.15) is 0 Å². The van der Waals surface area contributed by atoms with Crippen LogP contribution in [0.3, 0.4) is 0 Å². The maximum absolute atomic E-state index is 13.4. The molecule has 0 aliphatic carbocycles. The van der Waals surface area contributed by atoms with E-state index in [1.54, 1.807) is 30.8 Å². The Morgan fingerprint density at radius 3 is 2.75 bits per heavy atom. The molecular weight excluding hydrogens is 375 g/mol. The van der Waals surface area contributed by atoms with Crippen molar-refractivity contribution in [2.45, 2.75) is 6.92 Å². The summed E-state index contributed by atoms with van der Waals surface area (Å²) in [7, 11) is 1.69. The molecule has 0 aliphatic rings. The highest BCUT2D eigenvalue weighted by Crippen LogP contribution is 2.28. The minimum Gasteiger partial charge on any atom is -0.293 e. The van der Waals surface area contributed by atoms with Crippen LogP contribution >= 0.6 is 15.9 Å². The van der Waals surface area contributed by atoms with Crippen molar-refractivity contribution in [1.29, 1.82) is 0 Å². The molecule has 7 heteroatoms. The third kappa shape index (κ3) is 2.08. The van der Waals surface area contributed by atoms with Crippen molar-refractivity contribution in [2.75, 3.05) is 0 Å². The zero-order valence-corrected chi connectivity index (χ0v) is 14.5. The van der Waals surface area contributed by atoms with Gasteiger partial charge in [-0.25, -0.2) is 9.78 Å². The minimum absolute atomic E-state index is 0.226. The number of halogens is 2. The number of fused-ring (bicyclic) bond motifs is 3. The van der Waals surface area contributed by atoms with Crippen molar-refractivity contribution >= 4 is 37.9 Å². The number of nitrogens with zero attached hydrogens (tertiary/aromatic N) is 4. The van der Waals surface area contributed by atoms with Crippen LogP contribution in [-0.2, 0) is 7.05 Å². The lowest BCUT2D eigenvalue weighted by Gasteiger charge is -2.08. The van der Waals surface area contributed by atoms with Gasteiger partial charge in [0, 0.05) is 16.9 Å². The van der Waals surface area contributed by atoms with Crippen LogP contribution < -0.4 is 5.69 Å². The molecule has 0 radical (unpaired) electrons. The van der Waals surface area contributed by atoms with Crippen LogP contribution in [0.25, 0.3) is 27.6 Å². The fourth-order valence-electron chi connectivity index (χ4n) is 2.95. The zero-order chi connectivity index (χ0) is 17.0. The summed E-state index contributed by atoms with van der Waals surface area (Å²) < 4.78 is 17.4. The van der Waals surface area contributed by atoms with Crippen molar-refractivity contribution in [2.24, 2.45) is 7.05 Å². The number of pyridine rings is 2. The van der Waals surface area contributed by atoms with E-state index in [0.717, 1.165) is 20.9 Å². The van der Waals surface area contributed by atoms with Gasteiger partial charge in [0.25, 0.3) is 0 Å². The van der Waals surface area contributed by atoms with Crippen LogP contribution in [0.2, 0.25) is 0 Å². The molecule has 120 valence electrons. The summed E-state index contributed by atoms with van der Waals surface area (Å²) in [6.07, 6.45) is 1.68. The molecule has 0 spiro atoms. The largest absolute Gasteiger partial charge is 0.333 e. The number of imidazole rings is 1. The van der Waals surface area contributed by atoms with Crippen LogP contribution in [0.15, 0.2) is 45.8 Å². The van der Waals surface area contributed by atoms with E-state index in [-0.39, 0.29) is 5.69 Å². The highest BCUT2D eigenvalue weighted by molar-refractivity contribution is 9.10. The quantitative estimate of drug-likeness (QED) is 0.470. The summed E-state index contributed by atoms with van der Waals surface area (Å²) in [5.74, 6) is -0.571. The Labute approximate surface area is 144 Å². The molecule has 0 aliphatic heterocycles. The van der Waals surface area contributed by atoms with Gasteiger partial charge in [0.15, 0.2) is 0 Å². The first kappa shape index (κ1) is 15.0. The van der Waals surface area contributed by atoms with Gasteiger partial charge in [-0.15, -0.1) is 0 Å². The number of benzene rings is 1. The van der Waals surface area contributed by atoms with Crippen LogP contribution in [0.4, 0.5) is 4.39 Å². The van der Waals surface area contributed by atoms with Crippen molar-refractivity contribution in [3.8, 4) is 5.69 Å². The van der Waals surface area contributed by atoms with Crippen molar-refractivity contribution in [3.63, 3.8) is 0 Å². The molecule has 5 nitrogen and oxygen atoms in total. The van der Waals surface area contributed by atoms with E-state index in [1.165, 1.54) is 10.6 Å². The molecule has 0 saturated heterocycles. The van der Waals surface area contributed by atoms with Crippen LogP contribution in [-0.4, -0.2) is 19.1 Å². The summed E-state index contributed by atoms with van der Waals surface area (Å²) in [5.41, 5.74) is 2.98. The van der Waals surface area contributed by atoms with Crippen LogP contribution in [0.5, 0.6) is 0 Å². The predicted molar refractivity (Wildman–Crippen MR) is 94.0 cm³/mol. The predicted octanol–water partition coefficient (Wildman–Crippen LogP) is 3.48. The van der Waals surface area contributed by atoms with Crippen molar-refractivity contribution < 1.29 is 4.39 Å². The lowest BCUT2D eigenvalue weighted by Crippen LogP contribution is -2.21. The summed E-state index contributed by atoms with van der Waals surface area (Å²) >= 11 is 3.46. The van der Waals surface area contributed by atoms with Crippen LogP contribution in [0.1, 0.15) is 5.69 Å². The Balaban J connectivity index is 2.24. The SMILES string of the molecule is Cc1nc(F)ccc1-n1c(=O)n(C)c2cnc3ccc(Br)cc3c21. The highest BCUT2D eigenvalue weighted by Gasteiger charge is 2.18. The Morgan fingerprint density at radius 2 is 2.00 bits per heavy atom. The number of aromatic nitrogens is 4. The lowest BCUT2D eigenvalue weighted by atomic mass is 10.2. The number of hydrogen-bond acceptors (Lipinski definition) is 3. The molecule has 0 atom stereocenters. The molecule has 24 heavy (non-hydrogen) atoms. The Kier molecular flexibility index (Phi) is 3.28. The van der Waals surface area contributed by atoms with Crippen molar-refractivity contribution in [1.82, 2.24) is 19.1 Å². The molecule has 0 saturated carbocycles. The fourth-order valence-corrected chi connectivity index (χ4v) is 3.31. The average molecular weight is 387 g/mol. The van der Waals surface area contributed by atoms with Gasteiger partial charge in [-0.05, 0) is 37.3 Å². The third-order valence-electron chi connectivity index (χ3n) is 4.11. The Morgan fingerprint density at radius 1 is 1.21 bits per heavy atom. The topological polar surface area (TPSA) is 52.7 Å². The third-order valence-corrected chi connectivity index (χ3v) is 4.60. The van der Waals surface area contributed by atoms with E-state index in [4.69, 9.17) is 0 Å². The molecule has 3 aromatic heterocycles. The maximum atomic E-state index is 13.4. The van der Waals surface area contributed by atoms with Gasteiger partial charge >= 0.3 is 5.69 Å². The van der Waals surface area contributed by atoms with Gasteiger partial charge in [-0.2, -0.15) is 4.39 Å². The second-order valence-corrected chi connectivity index (χ2v) is 6.48. The minimum atomic E-state index is -0.571. The normalized spacial score (nSPS) is 11.5. The monoisotopic (exact) mass is 386 g/mol. The first-order chi connectivity index (χ1) is 11.5. The molecule has 0 unspecified atom stereocenters. The Hall–Kier alpha value is -2.54. The Bertz CT molecular complexity index is 1180. The van der Waals surface area contributed by atoms with Crippen molar-refractivity contribution in [3.05, 3.63) is 63.1 Å². The standard InChI is InChI=1S/C17H12BrFN4O/c1-9-13(5-6-15(19)21-9)23-16-11-7-10(18)3-4-12(11)20-8-14(16)22(2)17(23)24/h3-8H,1-2H3. The van der Waals surface area contributed by atoms with Gasteiger partial charge in [-0.1, -0.05) is 15.9 Å². The first-order valence-electron chi connectivity index (χ1n) is 7.26. The van der Waals surface area contributed by atoms with Gasteiger partial charge < -0.3 is 0 Å². The maximum Gasteiger partial charge on any atom is 0.333 e. The second kappa shape index (κ2) is 5.24. The number of aryl methyl sites for hydroxylation is 2. The molecule has 4 aromatic rings. The molecule has 1 aromatic carbocycles. The molecule has 0 N–H and O–H groups in total. The van der Waals surface area contributed by atoms with Gasteiger partial charge in [0.2, 0.25) is 5.95 Å². The van der Waals surface area contributed by atoms with E-state index in [1.807, 2.05) is 18.2 Å². The van der Waals surface area contributed by atoms with E-state index < -0.39 is 5.95 Å². The molecule has 0 bridgehead atoms. The first-order valence-corrected chi connectivity index (χ1v) is 8.06. The number of rotatable bonds is 1. The van der Waals surface area contributed by atoms with Crippen LogP contribution in [0, 0.1) is 12.9 Å². The zero-order valence-electron chi connectivity index (χ0n) is 12.9. The van der Waals surface area contributed by atoms with Gasteiger partial charge in [-0.3, -0.25) is 14.1 Å². The summed E-state index contributed by atoms with van der Waals surface area (Å²) in [6.45, 7) is 1.68. The molecular formula is C17H12BrFN4O. The molecule has 3 heterocycles. The summed E-state index contributed by atoms with van der Waals surface area (Å²) in [5, 5.41) is 0.836. The van der Waals surface area contributed by atoms with E-state index in [9.17, 15) is 9.18 Å². The molecule has 4 rings (SSSR count). The van der Waals surface area contributed by atoms with Gasteiger partial charge in [0.05, 0.1) is 34.1 Å². The van der Waals surface area contributed by atoms with E-state index >= 15 is 0 Å². The molecule has 0 fully saturated rings. The second-order valence-electron chi connectivity index (χ2n) is 5.57. The highest BCUT2D eigenvalue weighted by atomic mass is 79.9. The smallest absolute Gasteiger partial charge is 0.293 e. The molecule has 0 amide bonds. The van der Waals surface area contributed by atoms with E-state index in [0.29, 0.717) is 16.9 Å². The summed E-state index contributed by atoms with van der Waals surface area (Å²) in [4.78, 5) is 21.1. The lowest BCUT2D eigenvalue weighted by molar-refractivity contribution is 0.579. The van der Waals surface area contributed by atoms with E-state index in [2.05, 4.69) is 25.9 Å². The number of hydrogen-bond donors (Lipinski definition) is 0. The fraction of sp³-hybridized carbons (Fsp3) is 0.118.